The first kappa shape index (κ1) is 15.0. The Kier molecular flexibility index (Phi) is 5.92. The third-order valence-corrected chi connectivity index (χ3v) is 5.40. The van der Waals surface area contributed by atoms with Crippen LogP contribution in [-0.2, 0) is 14.6 Å². The average molecular weight is 326 g/mol. The first-order valence-electron chi connectivity index (χ1n) is 6.06. The van der Waals surface area contributed by atoms with Crippen LogP contribution in [0.4, 0.5) is 0 Å². The highest BCUT2D eigenvalue weighted by Gasteiger charge is 2.33. The maximum atomic E-state index is 12.0. The number of amides is 1. The van der Waals surface area contributed by atoms with Crippen molar-refractivity contribution in [2.24, 2.45) is 0 Å². The normalized spacial score (nSPS) is 22.6. The largest absolute Gasteiger partial charge is 0.339 e. The van der Waals surface area contributed by atoms with E-state index < -0.39 is 9.84 Å². The molecule has 0 bridgehead atoms. The number of carbonyl (C=O) groups is 1. The third-order valence-electron chi connectivity index (χ3n) is 3.08. The summed E-state index contributed by atoms with van der Waals surface area (Å²) in [6, 6.07) is -0.0959. The molecule has 1 aliphatic heterocycles. The van der Waals surface area contributed by atoms with Crippen molar-refractivity contribution in [2.75, 3.05) is 23.4 Å². The molecule has 0 aromatic rings. The molecule has 1 heterocycles. The summed E-state index contributed by atoms with van der Waals surface area (Å²) in [6.45, 7) is 2.51. The number of sulfone groups is 1. The Hall–Kier alpha value is -0.100. The second kappa shape index (κ2) is 6.73. The molecule has 6 heteroatoms. The molecule has 4 nitrogen and oxygen atoms in total. The van der Waals surface area contributed by atoms with Crippen molar-refractivity contribution in [1.29, 1.82) is 0 Å². The first-order chi connectivity index (χ1) is 8.00. The van der Waals surface area contributed by atoms with Crippen LogP contribution in [0.5, 0.6) is 0 Å². The van der Waals surface area contributed by atoms with Crippen molar-refractivity contribution in [3.05, 3.63) is 0 Å². The number of carbonyl (C=O) groups excluding carboxylic acids is 1. The number of hydrogen-bond donors (Lipinski definition) is 0. The van der Waals surface area contributed by atoms with Gasteiger partial charge in [-0.05, 0) is 26.2 Å². The Labute approximate surface area is 112 Å². The van der Waals surface area contributed by atoms with Gasteiger partial charge in [0.05, 0.1) is 11.5 Å². The van der Waals surface area contributed by atoms with Gasteiger partial charge in [-0.3, -0.25) is 4.79 Å². The van der Waals surface area contributed by atoms with Gasteiger partial charge >= 0.3 is 0 Å². The van der Waals surface area contributed by atoms with Crippen LogP contribution in [0.3, 0.4) is 0 Å². The second-order valence-corrected chi connectivity index (χ2v) is 7.40. The van der Waals surface area contributed by atoms with Gasteiger partial charge in [-0.15, -0.1) is 0 Å². The van der Waals surface area contributed by atoms with Crippen molar-refractivity contribution in [3.8, 4) is 0 Å². The fourth-order valence-electron chi connectivity index (χ4n) is 2.17. The zero-order valence-corrected chi connectivity index (χ0v) is 12.6. The summed E-state index contributed by atoms with van der Waals surface area (Å²) in [7, 11) is -2.91. The van der Waals surface area contributed by atoms with Crippen molar-refractivity contribution >= 4 is 31.7 Å². The summed E-state index contributed by atoms with van der Waals surface area (Å²) >= 11 is 3.33. The standard InChI is InChI=1S/C11H20BrNO3S/c1-2-13(11(14)5-3-4-7-12)10-6-8-17(15,16)9-10/h10H,2-9H2,1H3. The van der Waals surface area contributed by atoms with E-state index >= 15 is 0 Å². The molecule has 1 atom stereocenters. The number of rotatable bonds is 6. The average Bonchev–Trinajstić information content (AvgIpc) is 2.60. The number of unbranched alkanes of at least 4 members (excludes halogenated alkanes) is 1. The lowest BCUT2D eigenvalue weighted by molar-refractivity contribution is -0.132. The van der Waals surface area contributed by atoms with E-state index in [-0.39, 0.29) is 23.5 Å². The minimum atomic E-state index is -2.91. The number of alkyl halides is 1. The zero-order valence-electron chi connectivity index (χ0n) is 10.2. The van der Waals surface area contributed by atoms with Gasteiger partial charge in [0.2, 0.25) is 5.91 Å². The molecule has 0 saturated carbocycles. The Balaban J connectivity index is 2.50. The third kappa shape index (κ3) is 4.58. The van der Waals surface area contributed by atoms with Crippen LogP contribution in [-0.4, -0.2) is 48.6 Å². The summed E-state index contributed by atoms with van der Waals surface area (Å²) in [6.07, 6.45) is 2.96. The van der Waals surface area contributed by atoms with E-state index in [1.54, 1.807) is 4.90 Å². The van der Waals surface area contributed by atoms with Crippen LogP contribution >= 0.6 is 15.9 Å². The highest BCUT2D eigenvalue weighted by Crippen LogP contribution is 2.19. The quantitative estimate of drug-likeness (QED) is 0.550. The van der Waals surface area contributed by atoms with E-state index in [1.165, 1.54) is 0 Å². The monoisotopic (exact) mass is 325 g/mol. The number of nitrogens with zero attached hydrogens (tertiary/aromatic N) is 1. The van der Waals surface area contributed by atoms with Crippen molar-refractivity contribution < 1.29 is 13.2 Å². The Morgan fingerprint density at radius 1 is 1.41 bits per heavy atom. The molecule has 0 N–H and O–H groups in total. The molecule has 0 radical (unpaired) electrons. The lowest BCUT2D eigenvalue weighted by Crippen LogP contribution is -2.40. The lowest BCUT2D eigenvalue weighted by Gasteiger charge is -2.26. The van der Waals surface area contributed by atoms with Crippen molar-refractivity contribution in [3.63, 3.8) is 0 Å². The first-order valence-corrected chi connectivity index (χ1v) is 9.00. The molecular weight excluding hydrogens is 306 g/mol. The van der Waals surface area contributed by atoms with Gasteiger partial charge in [-0.1, -0.05) is 15.9 Å². The highest BCUT2D eigenvalue weighted by atomic mass is 79.9. The van der Waals surface area contributed by atoms with E-state index in [2.05, 4.69) is 15.9 Å². The van der Waals surface area contributed by atoms with Gasteiger partial charge in [0, 0.05) is 24.3 Å². The molecule has 0 aromatic carbocycles. The van der Waals surface area contributed by atoms with Crippen LogP contribution in [0, 0.1) is 0 Å². The Bertz CT molecular complexity index is 356. The minimum Gasteiger partial charge on any atom is -0.339 e. The molecule has 1 rings (SSSR count). The van der Waals surface area contributed by atoms with Gasteiger partial charge in [0.1, 0.15) is 0 Å². The molecule has 0 aromatic heterocycles. The van der Waals surface area contributed by atoms with E-state index in [4.69, 9.17) is 0 Å². The molecule has 0 spiro atoms. The molecular formula is C11H20BrNO3S. The predicted molar refractivity (Wildman–Crippen MR) is 72.1 cm³/mol. The summed E-state index contributed by atoms with van der Waals surface area (Å²) in [5.41, 5.74) is 0. The highest BCUT2D eigenvalue weighted by molar-refractivity contribution is 9.09. The summed E-state index contributed by atoms with van der Waals surface area (Å²) in [5.74, 6) is 0.462. The van der Waals surface area contributed by atoms with Crippen molar-refractivity contribution in [2.45, 2.75) is 38.6 Å². The number of hydrogen-bond acceptors (Lipinski definition) is 3. The molecule has 1 aliphatic rings. The molecule has 1 fully saturated rings. The van der Waals surface area contributed by atoms with Gasteiger partial charge in [-0.25, -0.2) is 8.42 Å². The van der Waals surface area contributed by atoms with E-state index in [1.807, 2.05) is 6.92 Å². The van der Waals surface area contributed by atoms with Crippen molar-refractivity contribution in [1.82, 2.24) is 4.90 Å². The molecule has 1 unspecified atom stereocenters. The van der Waals surface area contributed by atoms with Gasteiger partial charge < -0.3 is 4.90 Å². The van der Waals surface area contributed by atoms with Crippen LogP contribution in [0.15, 0.2) is 0 Å². The number of halogens is 1. The van der Waals surface area contributed by atoms with Crippen LogP contribution in [0.2, 0.25) is 0 Å². The lowest BCUT2D eigenvalue weighted by atomic mass is 10.1. The van der Waals surface area contributed by atoms with Gasteiger partial charge in [0.15, 0.2) is 9.84 Å². The molecule has 1 saturated heterocycles. The van der Waals surface area contributed by atoms with Crippen LogP contribution in [0.1, 0.15) is 32.6 Å². The van der Waals surface area contributed by atoms with Gasteiger partial charge in [0.25, 0.3) is 0 Å². The molecule has 100 valence electrons. The summed E-state index contributed by atoms with van der Waals surface area (Å²) in [4.78, 5) is 13.7. The smallest absolute Gasteiger partial charge is 0.222 e. The Morgan fingerprint density at radius 3 is 2.59 bits per heavy atom. The maximum absolute atomic E-state index is 12.0. The topological polar surface area (TPSA) is 54.5 Å². The summed E-state index contributed by atoms with van der Waals surface area (Å²) in [5, 5.41) is 0.907. The maximum Gasteiger partial charge on any atom is 0.222 e. The van der Waals surface area contributed by atoms with Crippen LogP contribution in [0.25, 0.3) is 0 Å². The minimum absolute atomic E-state index is 0.0931. The fourth-order valence-corrected chi connectivity index (χ4v) is 4.30. The predicted octanol–water partition coefficient (Wildman–Crippen LogP) is 1.59. The fraction of sp³-hybridized carbons (Fsp3) is 0.909. The Morgan fingerprint density at radius 2 is 2.12 bits per heavy atom. The van der Waals surface area contributed by atoms with E-state index in [9.17, 15) is 13.2 Å². The molecule has 0 aliphatic carbocycles. The molecule has 17 heavy (non-hydrogen) atoms. The summed E-state index contributed by atoms with van der Waals surface area (Å²) < 4.78 is 22.8. The SMILES string of the molecule is CCN(C(=O)CCCCBr)C1CCS(=O)(=O)C1. The van der Waals surface area contributed by atoms with E-state index in [0.29, 0.717) is 19.4 Å². The van der Waals surface area contributed by atoms with E-state index in [0.717, 1.165) is 18.2 Å². The van der Waals surface area contributed by atoms with Crippen LogP contribution < -0.4 is 0 Å². The molecule has 1 amide bonds. The zero-order chi connectivity index (χ0) is 12.9. The second-order valence-electron chi connectivity index (χ2n) is 4.38. The van der Waals surface area contributed by atoms with Gasteiger partial charge in [-0.2, -0.15) is 0 Å².